The summed E-state index contributed by atoms with van der Waals surface area (Å²) in [6, 6.07) is 0.540. The fourth-order valence-corrected chi connectivity index (χ4v) is 2.63. The molecule has 1 aromatic heterocycles. The Balaban J connectivity index is 2.34. The molecule has 1 N–H and O–H groups in total. The maximum atomic E-state index is 4.55. The third kappa shape index (κ3) is 1.93. The molecule has 0 spiro atoms. The van der Waals surface area contributed by atoms with Crippen LogP contribution in [-0.4, -0.2) is 16.3 Å². The van der Waals surface area contributed by atoms with Crippen LogP contribution < -0.4 is 5.32 Å². The molecule has 0 aliphatic carbocycles. The quantitative estimate of drug-likeness (QED) is 0.822. The summed E-state index contributed by atoms with van der Waals surface area (Å²) in [6.07, 6.45) is 4.91. The van der Waals surface area contributed by atoms with Crippen LogP contribution in [0.4, 0.5) is 0 Å². The van der Waals surface area contributed by atoms with E-state index in [4.69, 9.17) is 0 Å². The summed E-state index contributed by atoms with van der Waals surface area (Å²) < 4.78 is 2.07. The Morgan fingerprint density at radius 1 is 1.53 bits per heavy atom. The lowest BCUT2D eigenvalue weighted by atomic mass is 10.0. The van der Waals surface area contributed by atoms with Gasteiger partial charge >= 0.3 is 0 Å². The smallest absolute Gasteiger partial charge is 0.0629 e. The van der Waals surface area contributed by atoms with E-state index in [2.05, 4.69) is 36.0 Å². The normalized spacial score (nSPS) is 21.1. The van der Waals surface area contributed by atoms with Crippen LogP contribution in [0.3, 0.4) is 0 Å². The van der Waals surface area contributed by atoms with Crippen LogP contribution in [0.25, 0.3) is 0 Å². The zero-order valence-corrected chi connectivity index (χ0v) is 10.0. The highest BCUT2D eigenvalue weighted by molar-refractivity contribution is 5.28. The van der Waals surface area contributed by atoms with Gasteiger partial charge in [-0.05, 0) is 38.3 Å². The lowest BCUT2D eigenvalue weighted by Crippen LogP contribution is -2.17. The number of rotatable bonds is 3. The van der Waals surface area contributed by atoms with E-state index in [1.54, 1.807) is 0 Å². The van der Waals surface area contributed by atoms with Gasteiger partial charge in [-0.2, -0.15) is 5.10 Å². The van der Waals surface area contributed by atoms with Crippen molar-refractivity contribution in [1.29, 1.82) is 0 Å². The zero-order chi connectivity index (χ0) is 10.8. The maximum Gasteiger partial charge on any atom is 0.0629 e. The molecule has 15 heavy (non-hydrogen) atoms. The average molecular weight is 207 g/mol. The second-order valence-corrected chi connectivity index (χ2v) is 4.47. The minimum atomic E-state index is 0.540. The number of nitrogens with one attached hydrogen (secondary N) is 1. The Bertz CT molecular complexity index is 335. The molecule has 1 aliphatic heterocycles. The van der Waals surface area contributed by atoms with Crippen molar-refractivity contribution in [1.82, 2.24) is 15.1 Å². The van der Waals surface area contributed by atoms with Crippen molar-refractivity contribution < 1.29 is 0 Å². The third-order valence-electron chi connectivity index (χ3n) is 3.28. The molecule has 1 atom stereocenters. The Morgan fingerprint density at radius 2 is 2.33 bits per heavy atom. The Hall–Kier alpha value is -0.830. The SMILES string of the molecule is CCCc1c(C)nn(C)c1C1CCCN1. The predicted molar refractivity (Wildman–Crippen MR) is 61.9 cm³/mol. The highest BCUT2D eigenvalue weighted by atomic mass is 15.3. The molecule has 0 radical (unpaired) electrons. The largest absolute Gasteiger partial charge is 0.309 e. The standard InChI is InChI=1S/C12H21N3/c1-4-6-10-9(2)14-15(3)12(10)11-7-5-8-13-11/h11,13H,4-8H2,1-3H3. The van der Waals surface area contributed by atoms with Gasteiger partial charge in [0.15, 0.2) is 0 Å². The molecule has 1 fully saturated rings. The van der Waals surface area contributed by atoms with Gasteiger partial charge in [0.25, 0.3) is 0 Å². The summed E-state index contributed by atoms with van der Waals surface area (Å²) in [5, 5.41) is 8.12. The van der Waals surface area contributed by atoms with Gasteiger partial charge in [0.2, 0.25) is 0 Å². The topological polar surface area (TPSA) is 29.9 Å². The van der Waals surface area contributed by atoms with Crippen molar-refractivity contribution in [2.24, 2.45) is 7.05 Å². The van der Waals surface area contributed by atoms with Crippen LogP contribution in [0.5, 0.6) is 0 Å². The van der Waals surface area contributed by atoms with Gasteiger partial charge in [-0.15, -0.1) is 0 Å². The highest BCUT2D eigenvalue weighted by Crippen LogP contribution is 2.28. The molecule has 0 amide bonds. The first-order valence-electron chi connectivity index (χ1n) is 5.99. The summed E-state index contributed by atoms with van der Waals surface area (Å²) in [5.74, 6) is 0. The van der Waals surface area contributed by atoms with Crippen LogP contribution in [0.2, 0.25) is 0 Å². The number of nitrogens with zero attached hydrogens (tertiary/aromatic N) is 2. The Labute approximate surface area is 91.9 Å². The third-order valence-corrected chi connectivity index (χ3v) is 3.28. The van der Waals surface area contributed by atoms with Crippen LogP contribution in [-0.2, 0) is 13.5 Å². The molecule has 1 saturated heterocycles. The van der Waals surface area contributed by atoms with Crippen molar-refractivity contribution in [2.75, 3.05) is 6.54 Å². The first-order valence-corrected chi connectivity index (χ1v) is 5.99. The van der Waals surface area contributed by atoms with Crippen LogP contribution in [0.1, 0.15) is 49.2 Å². The molecule has 0 aromatic carbocycles. The number of aryl methyl sites for hydroxylation is 2. The van der Waals surface area contributed by atoms with Crippen LogP contribution in [0, 0.1) is 6.92 Å². The predicted octanol–water partition coefficient (Wildman–Crippen LogP) is 2.11. The molecule has 0 bridgehead atoms. The lowest BCUT2D eigenvalue weighted by molar-refractivity contribution is 0.568. The van der Waals surface area contributed by atoms with Crippen molar-refractivity contribution in [3.8, 4) is 0 Å². The van der Waals surface area contributed by atoms with Gasteiger partial charge in [0.05, 0.1) is 11.4 Å². The monoisotopic (exact) mass is 207 g/mol. The van der Waals surface area contributed by atoms with E-state index in [1.165, 1.54) is 36.2 Å². The fraction of sp³-hybridized carbons (Fsp3) is 0.750. The van der Waals surface area contributed by atoms with Crippen molar-refractivity contribution >= 4 is 0 Å². The molecular formula is C12H21N3. The second-order valence-electron chi connectivity index (χ2n) is 4.47. The van der Waals surface area contributed by atoms with E-state index in [0.29, 0.717) is 6.04 Å². The minimum Gasteiger partial charge on any atom is -0.309 e. The van der Waals surface area contributed by atoms with E-state index in [9.17, 15) is 0 Å². The van der Waals surface area contributed by atoms with Gasteiger partial charge in [-0.3, -0.25) is 4.68 Å². The molecule has 3 heteroatoms. The maximum absolute atomic E-state index is 4.55. The van der Waals surface area contributed by atoms with Crippen LogP contribution >= 0.6 is 0 Å². The van der Waals surface area contributed by atoms with Gasteiger partial charge < -0.3 is 5.32 Å². The Kier molecular flexibility index (Phi) is 3.10. The van der Waals surface area contributed by atoms with Crippen molar-refractivity contribution in [2.45, 2.75) is 45.6 Å². The molecule has 84 valence electrons. The summed E-state index contributed by atoms with van der Waals surface area (Å²) in [4.78, 5) is 0. The van der Waals surface area contributed by atoms with Crippen LogP contribution in [0.15, 0.2) is 0 Å². The van der Waals surface area contributed by atoms with E-state index in [1.807, 2.05) is 0 Å². The average Bonchev–Trinajstić information content (AvgIpc) is 2.77. The summed E-state index contributed by atoms with van der Waals surface area (Å²) >= 11 is 0. The first-order chi connectivity index (χ1) is 7.24. The first kappa shape index (κ1) is 10.7. The molecule has 1 aliphatic rings. The van der Waals surface area contributed by atoms with Crippen molar-refractivity contribution in [3.63, 3.8) is 0 Å². The second kappa shape index (κ2) is 4.35. The number of hydrogen-bond donors (Lipinski definition) is 1. The van der Waals surface area contributed by atoms with Crippen molar-refractivity contribution in [3.05, 3.63) is 17.0 Å². The molecule has 3 nitrogen and oxygen atoms in total. The van der Waals surface area contributed by atoms with Gasteiger partial charge in [-0.1, -0.05) is 13.3 Å². The molecular weight excluding hydrogens is 186 g/mol. The van der Waals surface area contributed by atoms with E-state index in [-0.39, 0.29) is 0 Å². The van der Waals surface area contributed by atoms with Gasteiger partial charge in [0.1, 0.15) is 0 Å². The van der Waals surface area contributed by atoms with Gasteiger partial charge in [-0.25, -0.2) is 0 Å². The van der Waals surface area contributed by atoms with E-state index >= 15 is 0 Å². The van der Waals surface area contributed by atoms with E-state index in [0.717, 1.165) is 13.0 Å². The number of hydrogen-bond acceptors (Lipinski definition) is 2. The summed E-state index contributed by atoms with van der Waals surface area (Å²) in [7, 11) is 2.07. The molecule has 0 saturated carbocycles. The summed E-state index contributed by atoms with van der Waals surface area (Å²) in [5.41, 5.74) is 4.11. The molecule has 2 rings (SSSR count). The molecule has 1 unspecified atom stereocenters. The van der Waals surface area contributed by atoms with Gasteiger partial charge in [0, 0.05) is 13.1 Å². The minimum absolute atomic E-state index is 0.540. The Morgan fingerprint density at radius 3 is 2.93 bits per heavy atom. The zero-order valence-electron chi connectivity index (χ0n) is 10.0. The fourth-order valence-electron chi connectivity index (χ4n) is 2.63. The molecule has 2 heterocycles. The summed E-state index contributed by atoms with van der Waals surface area (Å²) in [6.45, 7) is 5.52. The molecule has 1 aromatic rings. The highest BCUT2D eigenvalue weighted by Gasteiger charge is 2.23. The number of aromatic nitrogens is 2. The lowest BCUT2D eigenvalue weighted by Gasteiger charge is -2.13. The van der Waals surface area contributed by atoms with E-state index < -0.39 is 0 Å².